The summed E-state index contributed by atoms with van der Waals surface area (Å²) in [6.07, 6.45) is 1.24. The third kappa shape index (κ3) is 2.75. The van der Waals surface area contributed by atoms with Crippen LogP contribution in [0, 0.1) is 6.92 Å². The summed E-state index contributed by atoms with van der Waals surface area (Å²) in [4.78, 5) is 19.5. The molecular weight excluding hydrogens is 254 g/mol. The molecular formula is C12H10ClN3O2. The first-order chi connectivity index (χ1) is 8.56. The van der Waals surface area contributed by atoms with Gasteiger partial charge in [0, 0.05) is 6.07 Å². The zero-order chi connectivity index (χ0) is 13.1. The predicted octanol–water partition coefficient (Wildman–Crippen LogP) is 2.40. The summed E-state index contributed by atoms with van der Waals surface area (Å²) in [5.74, 6) is -0.259. The largest absolute Gasteiger partial charge is 0.507 e. The van der Waals surface area contributed by atoms with Crippen molar-refractivity contribution >= 4 is 23.3 Å². The van der Waals surface area contributed by atoms with E-state index in [1.54, 1.807) is 12.1 Å². The number of hydrogen-bond donors (Lipinski definition) is 2. The van der Waals surface area contributed by atoms with E-state index >= 15 is 0 Å². The van der Waals surface area contributed by atoms with Crippen LogP contribution in [0.5, 0.6) is 5.75 Å². The highest BCUT2D eigenvalue weighted by Crippen LogP contribution is 2.19. The van der Waals surface area contributed by atoms with Crippen molar-refractivity contribution in [1.29, 1.82) is 0 Å². The molecule has 0 aliphatic heterocycles. The van der Waals surface area contributed by atoms with Crippen molar-refractivity contribution < 1.29 is 9.90 Å². The molecule has 5 nitrogen and oxygen atoms in total. The van der Waals surface area contributed by atoms with Gasteiger partial charge in [0.25, 0.3) is 5.91 Å². The smallest absolute Gasteiger partial charge is 0.260 e. The standard InChI is InChI=1S/C12H10ClN3O2/c1-7-2-3-9(17)8(4-7)12(18)16-11-5-10(13)14-6-15-11/h2-6,17H,1H3,(H,14,15,16,18). The molecule has 0 bridgehead atoms. The van der Waals surface area contributed by atoms with Crippen molar-refractivity contribution in [3.8, 4) is 5.75 Å². The second kappa shape index (κ2) is 5.01. The van der Waals surface area contributed by atoms with E-state index in [4.69, 9.17) is 11.6 Å². The number of phenolic OH excluding ortho intramolecular Hbond substituents is 1. The number of aromatic hydroxyl groups is 1. The summed E-state index contributed by atoms with van der Waals surface area (Å²) in [5, 5.41) is 12.4. The van der Waals surface area contributed by atoms with Crippen LogP contribution in [0.3, 0.4) is 0 Å². The lowest BCUT2D eigenvalue weighted by Gasteiger charge is -2.06. The summed E-state index contributed by atoms with van der Waals surface area (Å²) in [5.41, 5.74) is 1.06. The van der Waals surface area contributed by atoms with Crippen LogP contribution < -0.4 is 5.32 Å². The van der Waals surface area contributed by atoms with E-state index in [-0.39, 0.29) is 22.3 Å². The van der Waals surface area contributed by atoms with Crippen molar-refractivity contribution in [2.24, 2.45) is 0 Å². The Kier molecular flexibility index (Phi) is 3.43. The van der Waals surface area contributed by atoms with Crippen LogP contribution in [0.25, 0.3) is 0 Å². The minimum Gasteiger partial charge on any atom is -0.507 e. The van der Waals surface area contributed by atoms with Crippen LogP contribution in [0.1, 0.15) is 15.9 Å². The highest BCUT2D eigenvalue weighted by atomic mass is 35.5. The molecule has 18 heavy (non-hydrogen) atoms. The fraction of sp³-hybridized carbons (Fsp3) is 0.0833. The minimum atomic E-state index is -0.453. The lowest BCUT2D eigenvalue weighted by atomic mass is 10.1. The molecule has 0 fully saturated rings. The number of hydrogen-bond acceptors (Lipinski definition) is 4. The summed E-state index contributed by atoms with van der Waals surface area (Å²) < 4.78 is 0. The second-order valence-electron chi connectivity index (χ2n) is 3.70. The zero-order valence-electron chi connectivity index (χ0n) is 9.51. The minimum absolute atomic E-state index is 0.0850. The van der Waals surface area contributed by atoms with E-state index in [1.807, 2.05) is 6.92 Å². The lowest BCUT2D eigenvalue weighted by Crippen LogP contribution is -2.13. The molecule has 1 aromatic carbocycles. The van der Waals surface area contributed by atoms with Gasteiger partial charge >= 0.3 is 0 Å². The Labute approximate surface area is 108 Å². The molecule has 1 amide bonds. The quantitative estimate of drug-likeness (QED) is 0.816. The lowest BCUT2D eigenvalue weighted by molar-refractivity contribution is 0.102. The number of benzene rings is 1. The number of rotatable bonds is 2. The van der Waals surface area contributed by atoms with Gasteiger partial charge in [-0.2, -0.15) is 0 Å². The zero-order valence-corrected chi connectivity index (χ0v) is 10.3. The first kappa shape index (κ1) is 12.3. The van der Waals surface area contributed by atoms with Crippen LogP contribution in [0.4, 0.5) is 5.82 Å². The number of nitrogens with one attached hydrogen (secondary N) is 1. The average molecular weight is 264 g/mol. The molecule has 0 saturated heterocycles. The number of carbonyl (C=O) groups is 1. The average Bonchev–Trinajstić information content (AvgIpc) is 2.32. The van der Waals surface area contributed by atoms with Gasteiger partial charge in [0.2, 0.25) is 0 Å². The summed E-state index contributed by atoms with van der Waals surface area (Å²) in [6, 6.07) is 6.20. The Morgan fingerprint density at radius 2 is 2.11 bits per heavy atom. The molecule has 2 N–H and O–H groups in total. The number of nitrogens with zero attached hydrogens (tertiary/aromatic N) is 2. The van der Waals surface area contributed by atoms with Crippen LogP contribution in [-0.4, -0.2) is 21.0 Å². The topological polar surface area (TPSA) is 75.1 Å². The van der Waals surface area contributed by atoms with E-state index in [0.29, 0.717) is 0 Å². The van der Waals surface area contributed by atoms with Gasteiger partial charge in [-0.25, -0.2) is 9.97 Å². The Morgan fingerprint density at radius 3 is 2.83 bits per heavy atom. The van der Waals surface area contributed by atoms with Gasteiger partial charge in [0.15, 0.2) is 0 Å². The van der Waals surface area contributed by atoms with Gasteiger partial charge in [-0.3, -0.25) is 4.79 Å². The van der Waals surface area contributed by atoms with Crippen LogP contribution in [-0.2, 0) is 0 Å². The molecule has 2 rings (SSSR count). The van der Waals surface area contributed by atoms with Crippen molar-refractivity contribution in [2.45, 2.75) is 6.92 Å². The van der Waals surface area contributed by atoms with E-state index in [2.05, 4.69) is 15.3 Å². The maximum Gasteiger partial charge on any atom is 0.260 e. The third-order valence-corrected chi connectivity index (χ3v) is 2.48. The normalized spacial score (nSPS) is 10.1. The number of aromatic nitrogens is 2. The molecule has 1 heterocycles. The second-order valence-corrected chi connectivity index (χ2v) is 4.09. The summed E-state index contributed by atoms with van der Waals surface area (Å²) in [7, 11) is 0. The van der Waals surface area contributed by atoms with Crippen molar-refractivity contribution in [2.75, 3.05) is 5.32 Å². The predicted molar refractivity (Wildman–Crippen MR) is 67.8 cm³/mol. The SMILES string of the molecule is Cc1ccc(O)c(C(=O)Nc2cc(Cl)ncn2)c1. The Bertz CT molecular complexity index is 602. The van der Waals surface area contributed by atoms with Crippen LogP contribution in [0.2, 0.25) is 5.15 Å². The highest BCUT2D eigenvalue weighted by molar-refractivity contribution is 6.29. The Balaban J connectivity index is 2.24. The molecule has 0 unspecified atom stereocenters. The number of carbonyl (C=O) groups excluding carboxylic acids is 1. The molecule has 0 atom stereocenters. The number of halogens is 1. The van der Waals surface area contributed by atoms with Gasteiger partial charge in [-0.1, -0.05) is 23.2 Å². The van der Waals surface area contributed by atoms with Crippen molar-refractivity contribution in [3.05, 3.63) is 46.9 Å². The van der Waals surface area contributed by atoms with E-state index < -0.39 is 5.91 Å². The fourth-order valence-electron chi connectivity index (χ4n) is 1.42. The number of phenols is 1. The fourth-order valence-corrected chi connectivity index (χ4v) is 1.56. The monoisotopic (exact) mass is 263 g/mol. The van der Waals surface area contributed by atoms with Crippen LogP contribution >= 0.6 is 11.6 Å². The number of aryl methyl sites for hydroxylation is 1. The maximum atomic E-state index is 11.9. The molecule has 6 heteroatoms. The van der Waals surface area contributed by atoms with E-state index in [9.17, 15) is 9.90 Å². The molecule has 0 aliphatic rings. The summed E-state index contributed by atoms with van der Waals surface area (Å²) in [6.45, 7) is 1.83. The number of anilines is 1. The van der Waals surface area contributed by atoms with E-state index in [0.717, 1.165) is 5.56 Å². The Hall–Kier alpha value is -2.14. The molecule has 92 valence electrons. The molecule has 0 saturated carbocycles. The van der Waals surface area contributed by atoms with Gasteiger partial charge in [-0.05, 0) is 19.1 Å². The van der Waals surface area contributed by atoms with Gasteiger partial charge in [0.1, 0.15) is 23.0 Å². The van der Waals surface area contributed by atoms with Gasteiger partial charge in [-0.15, -0.1) is 0 Å². The summed E-state index contributed by atoms with van der Waals surface area (Å²) >= 11 is 5.68. The van der Waals surface area contributed by atoms with Crippen molar-refractivity contribution in [3.63, 3.8) is 0 Å². The molecule has 0 radical (unpaired) electrons. The first-order valence-corrected chi connectivity index (χ1v) is 5.52. The molecule has 1 aromatic heterocycles. The molecule has 0 spiro atoms. The van der Waals surface area contributed by atoms with E-state index in [1.165, 1.54) is 18.5 Å². The van der Waals surface area contributed by atoms with Gasteiger partial charge in [0.05, 0.1) is 5.56 Å². The van der Waals surface area contributed by atoms with Crippen molar-refractivity contribution in [1.82, 2.24) is 9.97 Å². The molecule has 0 aliphatic carbocycles. The maximum absolute atomic E-state index is 11.9. The number of amides is 1. The van der Waals surface area contributed by atoms with Crippen LogP contribution in [0.15, 0.2) is 30.6 Å². The highest BCUT2D eigenvalue weighted by Gasteiger charge is 2.12. The molecule has 2 aromatic rings. The van der Waals surface area contributed by atoms with Gasteiger partial charge < -0.3 is 10.4 Å². The first-order valence-electron chi connectivity index (χ1n) is 5.15. The third-order valence-electron chi connectivity index (χ3n) is 2.27. The Morgan fingerprint density at radius 1 is 1.33 bits per heavy atom.